The third-order valence-electron chi connectivity index (χ3n) is 3.31. The second kappa shape index (κ2) is 6.70. The smallest absolute Gasteiger partial charge is 0.164 e. The van der Waals surface area contributed by atoms with Crippen molar-refractivity contribution in [2.24, 2.45) is 5.73 Å². The summed E-state index contributed by atoms with van der Waals surface area (Å²) in [5.41, 5.74) is 7.95. The van der Waals surface area contributed by atoms with Crippen molar-refractivity contribution in [3.63, 3.8) is 0 Å². The summed E-state index contributed by atoms with van der Waals surface area (Å²) < 4.78 is 16.0. The molecule has 0 spiro atoms. The van der Waals surface area contributed by atoms with Crippen LogP contribution in [-0.2, 0) is 0 Å². The Morgan fingerprint density at radius 2 is 1.43 bits per heavy atom. The van der Waals surface area contributed by atoms with Crippen LogP contribution in [0.15, 0.2) is 36.4 Å². The van der Waals surface area contributed by atoms with Crippen LogP contribution >= 0.6 is 11.6 Å². The van der Waals surface area contributed by atoms with E-state index >= 15 is 0 Å². The van der Waals surface area contributed by atoms with Gasteiger partial charge in [0, 0.05) is 16.7 Å². The van der Waals surface area contributed by atoms with Crippen molar-refractivity contribution >= 4 is 11.6 Å². The first-order valence-corrected chi connectivity index (χ1v) is 6.80. The molecule has 4 nitrogen and oxygen atoms in total. The zero-order chi connectivity index (χ0) is 15.4. The molecule has 0 amide bonds. The van der Waals surface area contributed by atoms with Crippen molar-refractivity contribution < 1.29 is 14.2 Å². The number of halogens is 1. The molecule has 2 rings (SSSR count). The van der Waals surface area contributed by atoms with Crippen molar-refractivity contribution in [3.05, 3.63) is 52.5 Å². The molecule has 1 atom stereocenters. The van der Waals surface area contributed by atoms with Crippen LogP contribution in [0.25, 0.3) is 0 Å². The summed E-state index contributed by atoms with van der Waals surface area (Å²) in [4.78, 5) is 0. The van der Waals surface area contributed by atoms with E-state index in [1.807, 2.05) is 30.3 Å². The van der Waals surface area contributed by atoms with Crippen LogP contribution in [-0.4, -0.2) is 21.3 Å². The van der Waals surface area contributed by atoms with E-state index < -0.39 is 6.04 Å². The van der Waals surface area contributed by atoms with Gasteiger partial charge in [0.1, 0.15) is 5.75 Å². The fourth-order valence-electron chi connectivity index (χ4n) is 2.19. The first-order valence-electron chi connectivity index (χ1n) is 6.42. The summed E-state index contributed by atoms with van der Waals surface area (Å²) >= 11 is 6.22. The lowest BCUT2D eigenvalue weighted by atomic mass is 9.98. The van der Waals surface area contributed by atoms with Crippen LogP contribution < -0.4 is 19.9 Å². The summed E-state index contributed by atoms with van der Waals surface area (Å²) in [5.74, 6) is 1.81. The van der Waals surface area contributed by atoms with E-state index in [0.29, 0.717) is 22.3 Å². The van der Waals surface area contributed by atoms with Gasteiger partial charge in [-0.05, 0) is 17.7 Å². The second-order valence-electron chi connectivity index (χ2n) is 4.45. The van der Waals surface area contributed by atoms with Gasteiger partial charge in [0.05, 0.1) is 27.4 Å². The summed E-state index contributed by atoms with van der Waals surface area (Å²) in [6.45, 7) is 0. The number of ether oxygens (including phenoxy) is 3. The van der Waals surface area contributed by atoms with Crippen molar-refractivity contribution in [3.8, 4) is 17.2 Å². The van der Waals surface area contributed by atoms with E-state index in [2.05, 4.69) is 0 Å². The van der Waals surface area contributed by atoms with Crippen molar-refractivity contribution in [1.82, 2.24) is 0 Å². The molecule has 0 aromatic heterocycles. The van der Waals surface area contributed by atoms with Gasteiger partial charge in [0.2, 0.25) is 0 Å². The van der Waals surface area contributed by atoms with Gasteiger partial charge in [-0.15, -0.1) is 0 Å². The van der Waals surface area contributed by atoms with Gasteiger partial charge in [-0.25, -0.2) is 0 Å². The number of methoxy groups -OCH3 is 3. The van der Waals surface area contributed by atoms with E-state index in [1.54, 1.807) is 27.4 Å². The SMILES string of the molecule is COc1cc(OC)c(C(N)c2ccccc2Cl)cc1OC. The Balaban J connectivity index is 2.54. The third kappa shape index (κ3) is 3.06. The first-order chi connectivity index (χ1) is 10.1. The second-order valence-corrected chi connectivity index (χ2v) is 4.86. The minimum absolute atomic E-state index is 0.423. The Morgan fingerprint density at radius 3 is 2.00 bits per heavy atom. The zero-order valence-corrected chi connectivity index (χ0v) is 13.0. The number of rotatable bonds is 5. The maximum Gasteiger partial charge on any atom is 0.164 e. The van der Waals surface area contributed by atoms with Gasteiger partial charge in [0.25, 0.3) is 0 Å². The maximum absolute atomic E-state index is 6.35. The molecule has 0 saturated heterocycles. The Labute approximate surface area is 129 Å². The summed E-state index contributed by atoms with van der Waals surface area (Å²) in [6.07, 6.45) is 0. The van der Waals surface area contributed by atoms with Gasteiger partial charge < -0.3 is 19.9 Å². The molecule has 5 heteroatoms. The summed E-state index contributed by atoms with van der Waals surface area (Å²) in [6, 6.07) is 10.6. The van der Waals surface area contributed by atoms with E-state index in [9.17, 15) is 0 Å². The lowest BCUT2D eigenvalue weighted by Crippen LogP contribution is -2.14. The Bertz CT molecular complexity index is 631. The molecular formula is C16H18ClNO3. The van der Waals surface area contributed by atoms with Gasteiger partial charge in [-0.3, -0.25) is 0 Å². The fraction of sp³-hybridized carbons (Fsp3) is 0.250. The average Bonchev–Trinajstić information content (AvgIpc) is 2.53. The van der Waals surface area contributed by atoms with E-state index in [0.717, 1.165) is 11.1 Å². The van der Waals surface area contributed by atoms with E-state index in [1.165, 1.54) is 0 Å². The summed E-state index contributed by atoms with van der Waals surface area (Å²) in [5, 5.41) is 0.613. The summed E-state index contributed by atoms with van der Waals surface area (Å²) in [7, 11) is 4.74. The molecule has 0 saturated carbocycles. The van der Waals surface area contributed by atoms with Gasteiger partial charge in [-0.2, -0.15) is 0 Å². The van der Waals surface area contributed by atoms with Crippen LogP contribution in [0.1, 0.15) is 17.2 Å². The van der Waals surface area contributed by atoms with Gasteiger partial charge >= 0.3 is 0 Å². The topological polar surface area (TPSA) is 53.7 Å². The highest BCUT2D eigenvalue weighted by molar-refractivity contribution is 6.31. The largest absolute Gasteiger partial charge is 0.496 e. The first kappa shape index (κ1) is 15.5. The van der Waals surface area contributed by atoms with Crippen molar-refractivity contribution in [2.45, 2.75) is 6.04 Å². The van der Waals surface area contributed by atoms with Crippen LogP contribution in [0, 0.1) is 0 Å². The van der Waals surface area contributed by atoms with Gasteiger partial charge in [-0.1, -0.05) is 29.8 Å². The highest BCUT2D eigenvalue weighted by atomic mass is 35.5. The molecule has 112 valence electrons. The standard InChI is InChI=1S/C16H18ClNO3/c1-19-13-9-15(21-3)14(20-2)8-11(13)16(18)10-6-4-5-7-12(10)17/h4-9,16H,18H2,1-3H3. The molecule has 0 radical (unpaired) electrons. The van der Waals surface area contributed by atoms with E-state index in [4.69, 9.17) is 31.5 Å². The number of nitrogens with two attached hydrogens (primary N) is 1. The highest BCUT2D eigenvalue weighted by Crippen LogP contribution is 2.39. The molecule has 0 fully saturated rings. The normalized spacial score (nSPS) is 11.9. The quantitative estimate of drug-likeness (QED) is 0.919. The average molecular weight is 308 g/mol. The predicted molar refractivity (Wildman–Crippen MR) is 83.6 cm³/mol. The number of hydrogen-bond acceptors (Lipinski definition) is 4. The zero-order valence-electron chi connectivity index (χ0n) is 12.2. The van der Waals surface area contributed by atoms with Crippen molar-refractivity contribution in [1.29, 1.82) is 0 Å². The monoisotopic (exact) mass is 307 g/mol. The van der Waals surface area contributed by atoms with Crippen LogP contribution in [0.3, 0.4) is 0 Å². The molecule has 0 aliphatic rings. The third-order valence-corrected chi connectivity index (χ3v) is 3.66. The fourth-order valence-corrected chi connectivity index (χ4v) is 2.44. The van der Waals surface area contributed by atoms with Crippen LogP contribution in [0.4, 0.5) is 0 Å². The molecule has 2 aromatic rings. The Morgan fingerprint density at radius 1 is 0.857 bits per heavy atom. The van der Waals surface area contributed by atoms with E-state index in [-0.39, 0.29) is 0 Å². The van der Waals surface area contributed by atoms with Crippen LogP contribution in [0.5, 0.6) is 17.2 Å². The minimum atomic E-state index is -0.423. The van der Waals surface area contributed by atoms with Crippen molar-refractivity contribution in [2.75, 3.05) is 21.3 Å². The molecular weight excluding hydrogens is 290 g/mol. The molecule has 0 aliphatic carbocycles. The number of benzene rings is 2. The Kier molecular flexibility index (Phi) is 4.94. The highest BCUT2D eigenvalue weighted by Gasteiger charge is 2.20. The molecule has 2 N–H and O–H groups in total. The molecule has 0 heterocycles. The molecule has 2 aromatic carbocycles. The minimum Gasteiger partial charge on any atom is -0.496 e. The molecule has 0 aliphatic heterocycles. The number of hydrogen-bond donors (Lipinski definition) is 1. The molecule has 1 unspecified atom stereocenters. The Hall–Kier alpha value is -1.91. The molecule has 21 heavy (non-hydrogen) atoms. The van der Waals surface area contributed by atoms with Crippen LogP contribution in [0.2, 0.25) is 5.02 Å². The lowest BCUT2D eigenvalue weighted by molar-refractivity contribution is 0.347. The predicted octanol–water partition coefficient (Wildman–Crippen LogP) is 3.41. The maximum atomic E-state index is 6.35. The van der Waals surface area contributed by atoms with Gasteiger partial charge in [0.15, 0.2) is 11.5 Å². The molecule has 0 bridgehead atoms. The lowest BCUT2D eigenvalue weighted by Gasteiger charge is -2.19.